The molecule has 0 bridgehead atoms. The maximum atomic E-state index is 11.4. The van der Waals surface area contributed by atoms with E-state index in [0.717, 1.165) is 5.69 Å². The Morgan fingerprint density at radius 1 is 1.37 bits per heavy atom. The first-order valence-electron chi connectivity index (χ1n) is 6.21. The summed E-state index contributed by atoms with van der Waals surface area (Å²) in [6.07, 6.45) is 2.43. The number of carbonyl (C=O) groups excluding carboxylic acids is 1. The van der Waals surface area contributed by atoms with Gasteiger partial charge in [-0.2, -0.15) is 0 Å². The third-order valence-electron chi connectivity index (χ3n) is 2.53. The first-order chi connectivity index (χ1) is 9.08. The average Bonchev–Trinajstić information content (AvgIpc) is 2.37. The number of hydrogen-bond acceptors (Lipinski definition) is 3. The Bertz CT molecular complexity index is 409. The zero-order valence-corrected chi connectivity index (χ0v) is 10.9. The number of aliphatic carboxylic acids is 1. The van der Waals surface area contributed by atoms with Crippen LogP contribution in [-0.4, -0.2) is 35.2 Å². The Balaban J connectivity index is 2.13. The number of hydrogen-bond donors (Lipinski definition) is 3. The Hall–Kier alpha value is -2.11. The highest BCUT2D eigenvalue weighted by atomic mass is 16.4. The molecule has 1 heterocycles. The predicted molar refractivity (Wildman–Crippen MR) is 70.8 cm³/mol. The Morgan fingerprint density at radius 2 is 2.16 bits per heavy atom. The van der Waals surface area contributed by atoms with Crippen LogP contribution in [0, 0.1) is 5.92 Å². The molecule has 1 unspecified atom stereocenters. The van der Waals surface area contributed by atoms with E-state index in [1.165, 1.54) is 0 Å². The van der Waals surface area contributed by atoms with Crippen LogP contribution in [0.2, 0.25) is 0 Å². The van der Waals surface area contributed by atoms with Crippen molar-refractivity contribution in [2.24, 2.45) is 5.92 Å². The molecule has 0 spiro atoms. The third kappa shape index (κ3) is 7.03. The van der Waals surface area contributed by atoms with E-state index in [1.807, 2.05) is 18.2 Å². The summed E-state index contributed by atoms with van der Waals surface area (Å²) in [6.45, 7) is 2.63. The number of carbonyl (C=O) groups is 2. The van der Waals surface area contributed by atoms with Gasteiger partial charge < -0.3 is 15.7 Å². The molecule has 1 rings (SSSR count). The summed E-state index contributed by atoms with van der Waals surface area (Å²) in [5, 5.41) is 13.9. The highest BCUT2D eigenvalue weighted by Crippen LogP contribution is 1.99. The van der Waals surface area contributed by atoms with Gasteiger partial charge in [0.1, 0.15) is 0 Å². The second kappa shape index (κ2) is 8.07. The molecule has 1 aromatic rings. The summed E-state index contributed by atoms with van der Waals surface area (Å²) < 4.78 is 0. The average molecular weight is 265 g/mol. The number of amides is 2. The molecule has 0 radical (unpaired) electrons. The largest absolute Gasteiger partial charge is 0.481 e. The van der Waals surface area contributed by atoms with E-state index in [4.69, 9.17) is 5.11 Å². The molecule has 3 N–H and O–H groups in total. The van der Waals surface area contributed by atoms with Crippen molar-refractivity contribution in [1.82, 2.24) is 15.6 Å². The molecule has 1 aromatic heterocycles. The number of nitrogens with one attached hydrogen (secondary N) is 2. The van der Waals surface area contributed by atoms with Gasteiger partial charge in [0.15, 0.2) is 0 Å². The van der Waals surface area contributed by atoms with Crippen LogP contribution in [-0.2, 0) is 11.2 Å². The predicted octanol–water partition coefficient (Wildman–Crippen LogP) is 1.03. The SMILES string of the molecule is CC(CNC(=O)NCCc1ccccn1)CC(=O)O. The van der Waals surface area contributed by atoms with Gasteiger partial charge in [0.05, 0.1) is 0 Å². The second-order valence-electron chi connectivity index (χ2n) is 4.41. The van der Waals surface area contributed by atoms with Gasteiger partial charge >= 0.3 is 12.0 Å². The van der Waals surface area contributed by atoms with E-state index in [1.54, 1.807) is 13.1 Å². The van der Waals surface area contributed by atoms with E-state index in [0.29, 0.717) is 19.5 Å². The molecular weight excluding hydrogens is 246 g/mol. The molecular formula is C13H19N3O3. The first kappa shape index (κ1) is 14.9. The van der Waals surface area contributed by atoms with E-state index >= 15 is 0 Å². The number of urea groups is 1. The van der Waals surface area contributed by atoms with Gasteiger partial charge in [-0.05, 0) is 18.1 Å². The number of carboxylic acids is 1. The van der Waals surface area contributed by atoms with Crippen LogP contribution in [0.15, 0.2) is 24.4 Å². The van der Waals surface area contributed by atoms with Crippen LogP contribution >= 0.6 is 0 Å². The maximum absolute atomic E-state index is 11.4. The topological polar surface area (TPSA) is 91.3 Å². The van der Waals surface area contributed by atoms with Crippen molar-refractivity contribution in [2.75, 3.05) is 13.1 Å². The van der Waals surface area contributed by atoms with Gasteiger partial charge in [-0.3, -0.25) is 9.78 Å². The molecule has 6 heteroatoms. The van der Waals surface area contributed by atoms with Crippen molar-refractivity contribution >= 4 is 12.0 Å². The normalized spacial score (nSPS) is 11.6. The summed E-state index contributed by atoms with van der Waals surface area (Å²) >= 11 is 0. The smallest absolute Gasteiger partial charge is 0.314 e. The zero-order valence-electron chi connectivity index (χ0n) is 10.9. The maximum Gasteiger partial charge on any atom is 0.314 e. The van der Waals surface area contributed by atoms with E-state index in [-0.39, 0.29) is 18.4 Å². The lowest BCUT2D eigenvalue weighted by Gasteiger charge is -2.11. The minimum Gasteiger partial charge on any atom is -0.481 e. The Kier molecular flexibility index (Phi) is 6.35. The molecule has 1 atom stereocenters. The highest BCUT2D eigenvalue weighted by Gasteiger charge is 2.08. The lowest BCUT2D eigenvalue weighted by atomic mass is 10.1. The van der Waals surface area contributed by atoms with Crippen LogP contribution in [0.4, 0.5) is 4.79 Å². The van der Waals surface area contributed by atoms with Crippen LogP contribution in [0.1, 0.15) is 19.0 Å². The summed E-state index contributed by atoms with van der Waals surface area (Å²) in [5.41, 5.74) is 0.919. The summed E-state index contributed by atoms with van der Waals surface area (Å²) in [7, 11) is 0. The summed E-state index contributed by atoms with van der Waals surface area (Å²) in [6, 6.07) is 5.35. The fourth-order valence-electron chi connectivity index (χ4n) is 1.55. The molecule has 0 aliphatic carbocycles. The number of carboxylic acid groups (broad SMARTS) is 1. The number of pyridine rings is 1. The molecule has 19 heavy (non-hydrogen) atoms. The third-order valence-corrected chi connectivity index (χ3v) is 2.53. The van der Waals surface area contributed by atoms with Gasteiger partial charge in [0, 0.05) is 37.8 Å². The fraction of sp³-hybridized carbons (Fsp3) is 0.462. The Morgan fingerprint density at radius 3 is 2.79 bits per heavy atom. The van der Waals surface area contributed by atoms with Crippen LogP contribution < -0.4 is 10.6 Å². The van der Waals surface area contributed by atoms with Gasteiger partial charge in [-0.1, -0.05) is 13.0 Å². The number of aromatic nitrogens is 1. The molecule has 0 aliphatic rings. The van der Waals surface area contributed by atoms with Gasteiger partial charge in [0.25, 0.3) is 0 Å². The standard InChI is InChI=1S/C13H19N3O3/c1-10(8-12(17)18)9-16-13(19)15-7-5-11-4-2-3-6-14-11/h2-4,6,10H,5,7-9H2,1H3,(H,17,18)(H2,15,16,19). The van der Waals surface area contributed by atoms with E-state index < -0.39 is 5.97 Å². The molecule has 6 nitrogen and oxygen atoms in total. The fourth-order valence-corrected chi connectivity index (χ4v) is 1.55. The first-order valence-corrected chi connectivity index (χ1v) is 6.21. The molecule has 0 fully saturated rings. The molecule has 0 saturated heterocycles. The number of nitrogens with zero attached hydrogens (tertiary/aromatic N) is 1. The van der Waals surface area contributed by atoms with Crippen molar-refractivity contribution in [2.45, 2.75) is 19.8 Å². The van der Waals surface area contributed by atoms with Crippen molar-refractivity contribution < 1.29 is 14.7 Å². The van der Waals surface area contributed by atoms with Crippen molar-refractivity contribution in [1.29, 1.82) is 0 Å². The van der Waals surface area contributed by atoms with Crippen LogP contribution in [0.25, 0.3) is 0 Å². The van der Waals surface area contributed by atoms with Crippen molar-refractivity contribution in [3.63, 3.8) is 0 Å². The second-order valence-corrected chi connectivity index (χ2v) is 4.41. The molecule has 0 aromatic carbocycles. The van der Waals surface area contributed by atoms with Crippen LogP contribution in [0.3, 0.4) is 0 Å². The molecule has 2 amide bonds. The van der Waals surface area contributed by atoms with E-state index in [9.17, 15) is 9.59 Å². The summed E-state index contributed by atoms with van der Waals surface area (Å²) in [4.78, 5) is 26.0. The zero-order chi connectivity index (χ0) is 14.1. The van der Waals surface area contributed by atoms with Gasteiger partial charge in [0.2, 0.25) is 0 Å². The quantitative estimate of drug-likeness (QED) is 0.686. The van der Waals surface area contributed by atoms with Crippen LogP contribution in [0.5, 0.6) is 0 Å². The molecule has 104 valence electrons. The van der Waals surface area contributed by atoms with Gasteiger partial charge in [-0.15, -0.1) is 0 Å². The van der Waals surface area contributed by atoms with E-state index in [2.05, 4.69) is 15.6 Å². The highest BCUT2D eigenvalue weighted by molar-refractivity contribution is 5.74. The molecule has 0 aliphatic heterocycles. The lowest BCUT2D eigenvalue weighted by Crippen LogP contribution is -2.39. The van der Waals surface area contributed by atoms with Gasteiger partial charge in [-0.25, -0.2) is 4.79 Å². The minimum atomic E-state index is -0.857. The summed E-state index contributed by atoms with van der Waals surface area (Å²) in [5.74, 6) is -0.941. The Labute approximate surface area is 112 Å². The lowest BCUT2D eigenvalue weighted by molar-refractivity contribution is -0.137. The minimum absolute atomic E-state index is 0.0498. The van der Waals surface area contributed by atoms with Crippen molar-refractivity contribution in [3.8, 4) is 0 Å². The molecule has 0 saturated carbocycles. The number of rotatable bonds is 7. The van der Waals surface area contributed by atoms with Crippen molar-refractivity contribution in [3.05, 3.63) is 30.1 Å². The monoisotopic (exact) mass is 265 g/mol.